The van der Waals surface area contributed by atoms with Gasteiger partial charge < -0.3 is 15.5 Å². The number of hydrogen-bond donors (Lipinski definition) is 3. The van der Waals surface area contributed by atoms with Crippen molar-refractivity contribution in [3.8, 4) is 0 Å². The van der Waals surface area contributed by atoms with Gasteiger partial charge in [-0.15, -0.1) is 0 Å². The minimum atomic E-state index is -1.18. The van der Waals surface area contributed by atoms with Crippen LogP contribution in [0.4, 0.5) is 0 Å². The normalized spacial score (nSPS) is 31.4. The van der Waals surface area contributed by atoms with Gasteiger partial charge in [-0.25, -0.2) is 0 Å². The van der Waals surface area contributed by atoms with E-state index in [4.69, 9.17) is 0 Å². The minimum Gasteiger partial charge on any atom is -0.392 e. The maximum Gasteiger partial charge on any atom is 0.223 e. The third kappa shape index (κ3) is 6.44. The van der Waals surface area contributed by atoms with Gasteiger partial charge in [0.05, 0.1) is 35.6 Å². The summed E-state index contributed by atoms with van der Waals surface area (Å²) in [6.45, 7) is 8.90. The van der Waals surface area contributed by atoms with Crippen molar-refractivity contribution in [2.24, 2.45) is 17.3 Å². The molecule has 0 radical (unpaired) electrons. The predicted molar refractivity (Wildman–Crippen MR) is 139 cm³/mol. The molecule has 0 spiro atoms. The topological polar surface area (TPSA) is 99.5 Å². The molecule has 0 saturated heterocycles. The lowest BCUT2D eigenvalue weighted by molar-refractivity contribution is -0.143. The molecule has 3 N–H and O–H groups in total. The fourth-order valence-corrected chi connectivity index (χ4v) is 4.64. The van der Waals surface area contributed by atoms with Gasteiger partial charge in [-0.1, -0.05) is 69.7 Å². The van der Waals surface area contributed by atoms with Crippen LogP contribution >= 0.6 is 0 Å². The van der Waals surface area contributed by atoms with Crippen molar-refractivity contribution in [3.63, 3.8) is 0 Å². The predicted octanol–water partition coefficient (Wildman–Crippen LogP) is 4.67. The SMILES string of the molecule is CC1=C/CC(c2ccc3cccnc3c2)NC(=O)C[C@H](O)C(C)(C)C(=O)[C@H](C)[C@@H](O)[C@@H](C)C\C=C\1. The summed E-state index contributed by atoms with van der Waals surface area (Å²) in [7, 11) is 0. The van der Waals surface area contributed by atoms with Crippen LogP contribution in [0.5, 0.6) is 0 Å². The van der Waals surface area contributed by atoms with E-state index in [0.29, 0.717) is 12.8 Å². The number of carbonyl (C=O) groups is 2. The first-order valence-corrected chi connectivity index (χ1v) is 12.4. The number of fused-ring (bicyclic) bond motifs is 1. The number of benzene rings is 1. The highest BCUT2D eigenvalue weighted by Gasteiger charge is 2.42. The number of pyridine rings is 1. The average Bonchev–Trinajstić information content (AvgIpc) is 2.84. The second-order valence-corrected chi connectivity index (χ2v) is 10.5. The second-order valence-electron chi connectivity index (χ2n) is 10.5. The molecule has 6 nitrogen and oxygen atoms in total. The first-order chi connectivity index (χ1) is 16.5. The zero-order chi connectivity index (χ0) is 25.8. The lowest BCUT2D eigenvalue weighted by Gasteiger charge is -2.34. The van der Waals surface area contributed by atoms with Crippen molar-refractivity contribution in [1.29, 1.82) is 0 Å². The largest absolute Gasteiger partial charge is 0.392 e. The van der Waals surface area contributed by atoms with Gasteiger partial charge in [-0.3, -0.25) is 14.6 Å². The maximum atomic E-state index is 13.2. The van der Waals surface area contributed by atoms with E-state index in [0.717, 1.165) is 22.0 Å². The molecular formula is C29H38N2O4. The number of ketones is 1. The van der Waals surface area contributed by atoms with Gasteiger partial charge in [-0.05, 0) is 43.4 Å². The lowest BCUT2D eigenvalue weighted by Crippen LogP contribution is -2.46. The fourth-order valence-electron chi connectivity index (χ4n) is 4.64. The molecule has 188 valence electrons. The van der Waals surface area contributed by atoms with Crippen molar-refractivity contribution in [3.05, 3.63) is 65.9 Å². The molecule has 2 aromatic rings. The Morgan fingerprint density at radius 3 is 2.57 bits per heavy atom. The molecular weight excluding hydrogens is 440 g/mol. The van der Waals surface area contributed by atoms with Gasteiger partial charge in [0.15, 0.2) is 0 Å². The minimum absolute atomic E-state index is 0.125. The van der Waals surface area contributed by atoms with E-state index in [1.54, 1.807) is 27.0 Å². The average molecular weight is 479 g/mol. The zero-order valence-corrected chi connectivity index (χ0v) is 21.4. The van der Waals surface area contributed by atoms with E-state index in [-0.39, 0.29) is 30.1 Å². The van der Waals surface area contributed by atoms with Crippen LogP contribution in [0.3, 0.4) is 0 Å². The Kier molecular flexibility index (Phi) is 8.62. The molecule has 0 saturated carbocycles. The summed E-state index contributed by atoms with van der Waals surface area (Å²) < 4.78 is 0. The number of nitrogens with one attached hydrogen (secondary N) is 1. The van der Waals surface area contributed by atoms with E-state index in [1.165, 1.54) is 0 Å². The molecule has 0 aliphatic carbocycles. The fraction of sp³-hybridized carbons (Fsp3) is 0.483. The van der Waals surface area contributed by atoms with Crippen molar-refractivity contribution in [2.45, 2.75) is 72.1 Å². The number of aliphatic hydroxyl groups excluding tert-OH is 2. The second kappa shape index (κ2) is 11.3. The molecule has 1 aliphatic rings. The highest BCUT2D eigenvalue weighted by Crippen LogP contribution is 2.32. The number of carbonyl (C=O) groups excluding carboxylic acids is 2. The summed E-state index contributed by atoms with van der Waals surface area (Å²) in [4.78, 5) is 30.7. The van der Waals surface area contributed by atoms with Crippen LogP contribution < -0.4 is 5.32 Å². The first-order valence-electron chi connectivity index (χ1n) is 12.4. The Labute approximate surface area is 208 Å². The number of amides is 1. The van der Waals surface area contributed by atoms with Crippen LogP contribution in [0.25, 0.3) is 10.9 Å². The van der Waals surface area contributed by atoms with Crippen molar-refractivity contribution in [1.82, 2.24) is 10.3 Å². The van der Waals surface area contributed by atoms with Crippen LogP contribution in [0.15, 0.2) is 60.3 Å². The van der Waals surface area contributed by atoms with Crippen LogP contribution in [-0.2, 0) is 9.59 Å². The van der Waals surface area contributed by atoms with Crippen molar-refractivity contribution in [2.75, 3.05) is 0 Å². The summed E-state index contributed by atoms with van der Waals surface area (Å²) in [5.74, 6) is -1.37. The number of nitrogens with zero attached hydrogens (tertiary/aromatic N) is 1. The summed E-state index contributed by atoms with van der Waals surface area (Å²) >= 11 is 0. The van der Waals surface area contributed by atoms with Crippen LogP contribution in [-0.4, -0.2) is 39.1 Å². The molecule has 2 heterocycles. The molecule has 1 aliphatic heterocycles. The molecule has 5 atom stereocenters. The number of aromatic nitrogens is 1. The molecule has 1 aromatic heterocycles. The number of hydrogen-bond acceptors (Lipinski definition) is 5. The van der Waals surface area contributed by atoms with Crippen LogP contribution in [0.2, 0.25) is 0 Å². The van der Waals surface area contributed by atoms with Gasteiger partial charge in [0.25, 0.3) is 0 Å². The molecule has 1 amide bonds. The van der Waals surface area contributed by atoms with Crippen molar-refractivity contribution < 1.29 is 19.8 Å². The molecule has 3 rings (SSSR count). The molecule has 0 fully saturated rings. The highest BCUT2D eigenvalue weighted by molar-refractivity contribution is 5.88. The van der Waals surface area contributed by atoms with Gasteiger partial charge in [0.2, 0.25) is 5.91 Å². The Bertz CT molecular complexity index is 1120. The Balaban J connectivity index is 1.95. The zero-order valence-electron chi connectivity index (χ0n) is 21.4. The summed E-state index contributed by atoms with van der Waals surface area (Å²) in [5, 5.41) is 25.7. The van der Waals surface area contributed by atoms with Gasteiger partial charge in [0.1, 0.15) is 5.78 Å². The lowest BCUT2D eigenvalue weighted by atomic mass is 9.73. The van der Waals surface area contributed by atoms with E-state index in [1.807, 2.05) is 56.3 Å². The van der Waals surface area contributed by atoms with Crippen LogP contribution in [0, 0.1) is 17.3 Å². The number of allylic oxidation sites excluding steroid dienone is 3. The van der Waals surface area contributed by atoms with Crippen molar-refractivity contribution >= 4 is 22.6 Å². The number of rotatable bonds is 1. The molecule has 1 aromatic carbocycles. The monoisotopic (exact) mass is 478 g/mol. The van der Waals surface area contributed by atoms with E-state index < -0.39 is 23.5 Å². The highest BCUT2D eigenvalue weighted by atomic mass is 16.3. The summed E-state index contributed by atoms with van der Waals surface area (Å²) in [6.07, 6.45) is 6.81. The Morgan fingerprint density at radius 1 is 1.09 bits per heavy atom. The number of aliphatic hydroxyl groups is 2. The van der Waals surface area contributed by atoms with E-state index >= 15 is 0 Å². The molecule has 1 unspecified atom stereocenters. The third-order valence-electron chi connectivity index (χ3n) is 7.29. The van der Waals surface area contributed by atoms with Gasteiger partial charge in [0, 0.05) is 17.5 Å². The Hall–Kier alpha value is -2.83. The van der Waals surface area contributed by atoms with Crippen LogP contribution in [0.1, 0.15) is 65.5 Å². The van der Waals surface area contributed by atoms with Gasteiger partial charge in [-0.2, -0.15) is 0 Å². The standard InChI is InChI=1S/C29H38N2O4/c1-18-8-6-9-19(2)27(34)20(3)28(35)29(4,5)25(32)17-26(33)31-23(14-11-18)22-13-12-21-10-7-15-30-24(21)16-22/h6-8,10-13,15-16,19-20,23,25,27,32,34H,9,14,17H2,1-5H3,(H,31,33)/b8-6+,18-11-/t19-,20+,23?,25-,27-/m0/s1. The third-order valence-corrected chi connectivity index (χ3v) is 7.29. The van der Waals surface area contributed by atoms with E-state index in [2.05, 4.69) is 16.4 Å². The summed E-state index contributed by atoms with van der Waals surface area (Å²) in [6, 6.07) is 9.53. The van der Waals surface area contributed by atoms with E-state index in [9.17, 15) is 19.8 Å². The Morgan fingerprint density at radius 2 is 1.83 bits per heavy atom. The quantitative estimate of drug-likeness (QED) is 0.553. The molecule has 6 heteroatoms. The number of Topliss-reactive ketones (excluding diaryl/α,β-unsaturated/α-hetero) is 1. The maximum absolute atomic E-state index is 13.2. The van der Waals surface area contributed by atoms with Gasteiger partial charge >= 0.3 is 0 Å². The first kappa shape index (κ1) is 26.8. The summed E-state index contributed by atoms with van der Waals surface area (Å²) in [5.41, 5.74) is 1.64. The molecule has 0 bridgehead atoms. The smallest absolute Gasteiger partial charge is 0.223 e. The molecule has 35 heavy (non-hydrogen) atoms.